The fourth-order valence-electron chi connectivity index (χ4n) is 1.27. The Morgan fingerprint density at radius 2 is 1.86 bits per heavy atom. The van der Waals surface area contributed by atoms with Crippen molar-refractivity contribution in [3.05, 3.63) is 35.6 Å². The summed E-state index contributed by atoms with van der Waals surface area (Å²) in [6.07, 6.45) is 5.25. The zero-order chi connectivity index (χ0) is 10.6. The summed E-state index contributed by atoms with van der Waals surface area (Å²) in [6, 6.07) is 6.59. The molecule has 0 bridgehead atoms. The largest absolute Gasteiger partial charge is 0.297 e. The number of rotatable bonds is 3. The minimum Gasteiger partial charge on any atom is -0.297 e. The van der Waals surface area contributed by atoms with Crippen LogP contribution in [0, 0.1) is 18.2 Å². The Labute approximate surface area is 84.3 Å². The van der Waals surface area contributed by atoms with E-state index in [1.165, 1.54) is 12.1 Å². The van der Waals surface area contributed by atoms with Gasteiger partial charge >= 0.3 is 0 Å². The summed E-state index contributed by atoms with van der Waals surface area (Å²) in [4.78, 5) is 0. The van der Waals surface area contributed by atoms with Crippen LogP contribution < -0.4 is 5.32 Å². The van der Waals surface area contributed by atoms with E-state index in [1.54, 1.807) is 12.1 Å². The number of terminal acetylenes is 1. The number of hydrogen-bond donors (Lipinski definition) is 1. The smallest absolute Gasteiger partial charge is 0.123 e. The summed E-state index contributed by atoms with van der Waals surface area (Å²) < 4.78 is 12.6. The Morgan fingerprint density at radius 1 is 1.29 bits per heavy atom. The van der Waals surface area contributed by atoms with Gasteiger partial charge in [-0.15, -0.1) is 6.42 Å². The molecule has 1 aromatic rings. The van der Waals surface area contributed by atoms with E-state index < -0.39 is 0 Å². The van der Waals surface area contributed by atoms with Gasteiger partial charge < -0.3 is 0 Å². The molecule has 0 fully saturated rings. The molecule has 74 valence electrons. The topological polar surface area (TPSA) is 12.0 Å². The predicted molar refractivity (Wildman–Crippen MR) is 56.2 cm³/mol. The lowest BCUT2D eigenvalue weighted by atomic mass is 10.1. The van der Waals surface area contributed by atoms with Crippen LogP contribution in [0.3, 0.4) is 0 Å². The monoisotopic (exact) mass is 191 g/mol. The molecule has 1 aromatic carbocycles. The molecule has 0 saturated carbocycles. The van der Waals surface area contributed by atoms with Gasteiger partial charge in [0.1, 0.15) is 5.82 Å². The van der Waals surface area contributed by atoms with Crippen molar-refractivity contribution in [3.63, 3.8) is 0 Å². The summed E-state index contributed by atoms with van der Waals surface area (Å²) in [5.74, 6) is 2.38. The molecule has 0 heterocycles. The van der Waals surface area contributed by atoms with Gasteiger partial charge in [0.05, 0.1) is 6.04 Å². The number of nitrogens with one attached hydrogen (secondary N) is 1. The molecule has 0 aliphatic carbocycles. The molecule has 2 unspecified atom stereocenters. The molecule has 2 atom stereocenters. The van der Waals surface area contributed by atoms with Crippen molar-refractivity contribution >= 4 is 0 Å². The van der Waals surface area contributed by atoms with Gasteiger partial charge in [0, 0.05) is 6.04 Å². The average Bonchev–Trinajstić information content (AvgIpc) is 2.18. The third kappa shape index (κ3) is 2.86. The Bertz CT molecular complexity index is 323. The van der Waals surface area contributed by atoms with Crippen LogP contribution in [-0.2, 0) is 0 Å². The molecule has 1 rings (SSSR count). The van der Waals surface area contributed by atoms with Gasteiger partial charge in [-0.2, -0.15) is 0 Å². The van der Waals surface area contributed by atoms with Crippen LogP contribution in [0.4, 0.5) is 4.39 Å². The minimum atomic E-state index is -0.217. The summed E-state index contributed by atoms with van der Waals surface area (Å²) >= 11 is 0. The van der Waals surface area contributed by atoms with E-state index in [2.05, 4.69) is 11.2 Å². The van der Waals surface area contributed by atoms with Gasteiger partial charge in [-0.25, -0.2) is 4.39 Å². The molecule has 0 aliphatic heterocycles. The average molecular weight is 191 g/mol. The van der Waals surface area contributed by atoms with E-state index in [0.29, 0.717) is 0 Å². The minimum absolute atomic E-state index is 0.0232. The first-order valence-corrected chi connectivity index (χ1v) is 4.61. The molecule has 0 aromatic heterocycles. The first kappa shape index (κ1) is 10.7. The fraction of sp³-hybridized carbons (Fsp3) is 0.333. The predicted octanol–water partition coefficient (Wildman–Crippen LogP) is 2.50. The van der Waals surface area contributed by atoms with Gasteiger partial charge in [-0.3, -0.25) is 5.32 Å². The summed E-state index contributed by atoms with van der Waals surface area (Å²) in [6.45, 7) is 3.92. The molecular weight excluding hydrogens is 177 g/mol. The Balaban J connectivity index is 2.66. The van der Waals surface area contributed by atoms with Crippen molar-refractivity contribution in [2.75, 3.05) is 0 Å². The Morgan fingerprint density at radius 3 is 2.36 bits per heavy atom. The highest BCUT2D eigenvalue weighted by Crippen LogP contribution is 2.13. The molecule has 0 aliphatic rings. The molecule has 1 N–H and O–H groups in total. The molecule has 14 heavy (non-hydrogen) atoms. The van der Waals surface area contributed by atoms with Gasteiger partial charge in [-0.05, 0) is 31.5 Å². The quantitative estimate of drug-likeness (QED) is 0.724. The summed E-state index contributed by atoms with van der Waals surface area (Å²) in [5.41, 5.74) is 1.04. The van der Waals surface area contributed by atoms with Gasteiger partial charge in [0.25, 0.3) is 0 Å². The summed E-state index contributed by atoms with van der Waals surface area (Å²) in [7, 11) is 0. The van der Waals surface area contributed by atoms with E-state index in [0.717, 1.165) is 5.56 Å². The Kier molecular flexibility index (Phi) is 3.67. The van der Waals surface area contributed by atoms with Crippen LogP contribution in [0.2, 0.25) is 0 Å². The highest BCUT2D eigenvalue weighted by atomic mass is 19.1. The van der Waals surface area contributed by atoms with Crippen LogP contribution >= 0.6 is 0 Å². The molecule has 2 heteroatoms. The van der Waals surface area contributed by atoms with Crippen molar-refractivity contribution < 1.29 is 4.39 Å². The Hall–Kier alpha value is -1.33. The maximum absolute atomic E-state index is 12.6. The highest BCUT2D eigenvalue weighted by molar-refractivity contribution is 5.19. The number of benzene rings is 1. The molecule has 0 spiro atoms. The van der Waals surface area contributed by atoms with Crippen LogP contribution in [-0.4, -0.2) is 6.04 Å². The van der Waals surface area contributed by atoms with Crippen molar-refractivity contribution in [1.29, 1.82) is 0 Å². The molecule has 0 saturated heterocycles. The lowest BCUT2D eigenvalue weighted by Gasteiger charge is -2.16. The second-order valence-electron chi connectivity index (χ2n) is 3.33. The molecule has 0 radical (unpaired) electrons. The van der Waals surface area contributed by atoms with Crippen molar-refractivity contribution in [1.82, 2.24) is 5.32 Å². The molecule has 0 amide bonds. The SMILES string of the molecule is C#CC(C)NC(C)c1ccc(F)cc1. The van der Waals surface area contributed by atoms with E-state index in [-0.39, 0.29) is 17.9 Å². The van der Waals surface area contributed by atoms with E-state index in [9.17, 15) is 4.39 Å². The van der Waals surface area contributed by atoms with E-state index in [1.807, 2.05) is 13.8 Å². The van der Waals surface area contributed by atoms with Crippen molar-refractivity contribution in [2.45, 2.75) is 25.9 Å². The lowest BCUT2D eigenvalue weighted by Crippen LogP contribution is -2.27. The van der Waals surface area contributed by atoms with Crippen molar-refractivity contribution in [2.24, 2.45) is 0 Å². The third-order valence-electron chi connectivity index (χ3n) is 2.12. The van der Waals surface area contributed by atoms with Crippen LogP contribution in [0.5, 0.6) is 0 Å². The van der Waals surface area contributed by atoms with Crippen LogP contribution in [0.25, 0.3) is 0 Å². The molecule has 1 nitrogen and oxygen atoms in total. The van der Waals surface area contributed by atoms with Gasteiger partial charge in [-0.1, -0.05) is 18.1 Å². The summed E-state index contributed by atoms with van der Waals surface area (Å²) in [5, 5.41) is 3.21. The molecular formula is C12H14FN. The maximum atomic E-state index is 12.6. The van der Waals surface area contributed by atoms with E-state index >= 15 is 0 Å². The zero-order valence-electron chi connectivity index (χ0n) is 8.42. The maximum Gasteiger partial charge on any atom is 0.123 e. The number of hydrogen-bond acceptors (Lipinski definition) is 1. The second kappa shape index (κ2) is 4.78. The standard InChI is InChI=1S/C12H14FN/c1-4-9(2)14-10(3)11-5-7-12(13)8-6-11/h1,5-10,14H,2-3H3. The van der Waals surface area contributed by atoms with E-state index in [4.69, 9.17) is 6.42 Å². The normalized spacial score (nSPS) is 14.4. The van der Waals surface area contributed by atoms with Crippen molar-refractivity contribution in [3.8, 4) is 12.3 Å². The van der Waals surface area contributed by atoms with Crippen LogP contribution in [0.15, 0.2) is 24.3 Å². The zero-order valence-corrected chi connectivity index (χ0v) is 8.42. The highest BCUT2D eigenvalue weighted by Gasteiger charge is 2.06. The van der Waals surface area contributed by atoms with Crippen LogP contribution in [0.1, 0.15) is 25.5 Å². The second-order valence-corrected chi connectivity index (χ2v) is 3.33. The first-order chi connectivity index (χ1) is 6.63. The van der Waals surface area contributed by atoms with Gasteiger partial charge in [0.2, 0.25) is 0 Å². The third-order valence-corrected chi connectivity index (χ3v) is 2.12. The first-order valence-electron chi connectivity index (χ1n) is 4.61. The fourth-order valence-corrected chi connectivity index (χ4v) is 1.27. The van der Waals surface area contributed by atoms with Gasteiger partial charge in [0.15, 0.2) is 0 Å². The lowest BCUT2D eigenvalue weighted by molar-refractivity contribution is 0.544. The number of halogens is 1.